The molecule has 7 heteroatoms. The predicted molar refractivity (Wildman–Crippen MR) is 94.7 cm³/mol. The Bertz CT molecular complexity index is 903. The number of hydrogen-bond donors (Lipinski definition) is 2. The molecule has 2 aromatic carbocycles. The van der Waals surface area contributed by atoms with Gasteiger partial charge in [-0.3, -0.25) is 4.79 Å². The number of nitrogens with zero attached hydrogens (tertiary/aromatic N) is 1. The first-order valence-corrected chi connectivity index (χ1v) is 7.78. The van der Waals surface area contributed by atoms with E-state index in [1.54, 1.807) is 36.4 Å². The number of benzene rings is 2. The lowest BCUT2D eigenvalue weighted by molar-refractivity contribution is -0.112. The summed E-state index contributed by atoms with van der Waals surface area (Å²) in [5.74, 6) is 0.737. The Balaban J connectivity index is 1.73. The molecule has 0 atom stereocenters. The number of carbonyl (C=O) groups excluding carboxylic acids is 1. The van der Waals surface area contributed by atoms with Gasteiger partial charge in [-0.25, -0.2) is 0 Å². The molecule has 25 heavy (non-hydrogen) atoms. The number of anilines is 2. The van der Waals surface area contributed by atoms with Gasteiger partial charge in [0.2, 0.25) is 6.79 Å². The molecule has 0 saturated heterocycles. The van der Waals surface area contributed by atoms with Crippen LogP contribution >= 0.6 is 11.6 Å². The summed E-state index contributed by atoms with van der Waals surface area (Å²) < 4.78 is 10.5. The van der Waals surface area contributed by atoms with Crippen molar-refractivity contribution in [3.8, 4) is 17.6 Å². The first-order valence-electron chi connectivity index (χ1n) is 7.41. The molecule has 0 aromatic heterocycles. The van der Waals surface area contributed by atoms with Crippen molar-refractivity contribution in [1.29, 1.82) is 5.26 Å². The topological polar surface area (TPSA) is 83.4 Å². The number of aryl methyl sites for hydroxylation is 1. The van der Waals surface area contributed by atoms with Crippen LogP contribution in [0.3, 0.4) is 0 Å². The zero-order chi connectivity index (χ0) is 17.8. The maximum Gasteiger partial charge on any atom is 0.267 e. The van der Waals surface area contributed by atoms with Crippen LogP contribution in [0.15, 0.2) is 48.2 Å². The third-order valence-corrected chi connectivity index (χ3v) is 3.80. The molecule has 1 aliphatic rings. The van der Waals surface area contributed by atoms with Crippen molar-refractivity contribution in [3.63, 3.8) is 0 Å². The van der Waals surface area contributed by atoms with Gasteiger partial charge in [-0.2, -0.15) is 5.26 Å². The highest BCUT2D eigenvalue weighted by Crippen LogP contribution is 2.34. The fraction of sp³-hybridized carbons (Fsp3) is 0.111. The molecule has 2 N–H and O–H groups in total. The standard InChI is InChI=1S/C18H14ClN3O3/c1-11-2-3-13(19)6-15(11)22-18(23)12(8-20)9-21-14-4-5-16-17(7-14)25-10-24-16/h2-7,9,21H,10H2,1H3,(H,22,23)/b12-9-. The van der Waals surface area contributed by atoms with Crippen LogP contribution in [0, 0.1) is 18.3 Å². The average molecular weight is 356 g/mol. The number of amides is 1. The summed E-state index contributed by atoms with van der Waals surface area (Å²) in [6.45, 7) is 2.02. The molecule has 0 unspecified atom stereocenters. The van der Waals surface area contributed by atoms with E-state index in [1.807, 2.05) is 13.0 Å². The summed E-state index contributed by atoms with van der Waals surface area (Å²) >= 11 is 5.94. The van der Waals surface area contributed by atoms with Gasteiger partial charge in [0.25, 0.3) is 5.91 Å². The molecule has 0 spiro atoms. The summed E-state index contributed by atoms with van der Waals surface area (Å²) in [6.07, 6.45) is 1.34. The highest BCUT2D eigenvalue weighted by molar-refractivity contribution is 6.31. The number of halogens is 1. The summed E-state index contributed by atoms with van der Waals surface area (Å²) in [7, 11) is 0. The van der Waals surface area contributed by atoms with Gasteiger partial charge in [-0.1, -0.05) is 17.7 Å². The van der Waals surface area contributed by atoms with Crippen molar-refractivity contribution in [2.75, 3.05) is 17.4 Å². The molecule has 1 amide bonds. The van der Waals surface area contributed by atoms with E-state index >= 15 is 0 Å². The van der Waals surface area contributed by atoms with E-state index in [1.165, 1.54) is 6.20 Å². The largest absolute Gasteiger partial charge is 0.454 e. The van der Waals surface area contributed by atoms with Gasteiger partial charge < -0.3 is 20.1 Å². The number of carbonyl (C=O) groups is 1. The zero-order valence-corrected chi connectivity index (χ0v) is 14.1. The fourth-order valence-electron chi connectivity index (χ4n) is 2.21. The minimum Gasteiger partial charge on any atom is -0.454 e. The lowest BCUT2D eigenvalue weighted by atomic mass is 10.2. The predicted octanol–water partition coefficient (Wildman–Crippen LogP) is 3.84. The Labute approximate surface area is 149 Å². The smallest absolute Gasteiger partial charge is 0.267 e. The van der Waals surface area contributed by atoms with Gasteiger partial charge in [-0.05, 0) is 36.8 Å². The molecule has 0 fully saturated rings. The Morgan fingerprint density at radius 3 is 2.84 bits per heavy atom. The van der Waals surface area contributed by atoms with E-state index in [4.69, 9.17) is 21.1 Å². The number of hydrogen-bond acceptors (Lipinski definition) is 5. The Hall–Kier alpha value is -3.17. The minimum absolute atomic E-state index is 0.0722. The van der Waals surface area contributed by atoms with Gasteiger partial charge in [0.05, 0.1) is 0 Å². The van der Waals surface area contributed by atoms with Crippen molar-refractivity contribution < 1.29 is 14.3 Å². The van der Waals surface area contributed by atoms with Crippen LogP contribution in [0.2, 0.25) is 5.02 Å². The highest BCUT2D eigenvalue weighted by Gasteiger charge is 2.14. The second kappa shape index (κ2) is 7.16. The normalized spacial score (nSPS) is 12.4. The third kappa shape index (κ3) is 3.84. The highest BCUT2D eigenvalue weighted by atomic mass is 35.5. The van der Waals surface area contributed by atoms with E-state index < -0.39 is 5.91 Å². The van der Waals surface area contributed by atoms with Gasteiger partial charge >= 0.3 is 0 Å². The number of fused-ring (bicyclic) bond motifs is 1. The van der Waals surface area contributed by atoms with Crippen molar-refractivity contribution >= 4 is 28.9 Å². The van der Waals surface area contributed by atoms with E-state index in [9.17, 15) is 10.1 Å². The third-order valence-electron chi connectivity index (χ3n) is 3.57. The minimum atomic E-state index is -0.527. The van der Waals surface area contributed by atoms with Crippen molar-refractivity contribution in [2.24, 2.45) is 0 Å². The van der Waals surface area contributed by atoms with Crippen LogP contribution < -0.4 is 20.1 Å². The van der Waals surface area contributed by atoms with Gasteiger partial charge in [0.1, 0.15) is 11.6 Å². The molecule has 1 aliphatic heterocycles. The summed E-state index contributed by atoms with van der Waals surface area (Å²) in [6, 6.07) is 12.3. The van der Waals surface area contributed by atoms with Gasteiger partial charge in [0, 0.05) is 28.7 Å². The molecule has 0 saturated carbocycles. The van der Waals surface area contributed by atoms with Crippen molar-refractivity contribution in [1.82, 2.24) is 0 Å². The van der Waals surface area contributed by atoms with Crippen molar-refractivity contribution in [2.45, 2.75) is 6.92 Å². The molecule has 0 bridgehead atoms. The van der Waals surface area contributed by atoms with E-state index in [0.29, 0.717) is 27.9 Å². The second-order valence-electron chi connectivity index (χ2n) is 5.30. The first kappa shape index (κ1) is 16.7. The van der Waals surface area contributed by atoms with Gasteiger partial charge in [-0.15, -0.1) is 0 Å². The number of rotatable bonds is 4. The molecule has 6 nitrogen and oxygen atoms in total. The molecular weight excluding hydrogens is 342 g/mol. The van der Waals surface area contributed by atoms with E-state index in [0.717, 1.165) is 5.56 Å². The quantitative estimate of drug-likeness (QED) is 0.643. The van der Waals surface area contributed by atoms with Crippen LogP contribution in [0.25, 0.3) is 0 Å². The van der Waals surface area contributed by atoms with Crippen LogP contribution in [0.4, 0.5) is 11.4 Å². The second-order valence-corrected chi connectivity index (χ2v) is 5.73. The van der Waals surface area contributed by atoms with Crippen molar-refractivity contribution in [3.05, 3.63) is 58.8 Å². The van der Waals surface area contributed by atoms with Gasteiger partial charge in [0.15, 0.2) is 11.5 Å². The van der Waals surface area contributed by atoms with E-state index in [-0.39, 0.29) is 12.4 Å². The van der Waals surface area contributed by atoms with E-state index in [2.05, 4.69) is 10.6 Å². The Kier molecular flexibility index (Phi) is 4.78. The summed E-state index contributed by atoms with van der Waals surface area (Å²) in [5, 5.41) is 15.3. The molecule has 0 radical (unpaired) electrons. The lowest BCUT2D eigenvalue weighted by Crippen LogP contribution is -2.15. The molecular formula is C18H14ClN3O3. The summed E-state index contributed by atoms with van der Waals surface area (Å²) in [5.41, 5.74) is 2.00. The maximum atomic E-state index is 12.3. The molecule has 0 aliphatic carbocycles. The molecule has 1 heterocycles. The monoisotopic (exact) mass is 355 g/mol. The maximum absolute atomic E-state index is 12.3. The molecule has 126 valence electrons. The van der Waals surface area contributed by atoms with Crippen LogP contribution in [0.1, 0.15) is 5.56 Å². The SMILES string of the molecule is Cc1ccc(Cl)cc1NC(=O)/C(C#N)=C\Nc1ccc2c(c1)OCO2. The van der Waals surface area contributed by atoms with Crippen LogP contribution in [0.5, 0.6) is 11.5 Å². The van der Waals surface area contributed by atoms with Crippen LogP contribution in [-0.4, -0.2) is 12.7 Å². The summed E-state index contributed by atoms with van der Waals surface area (Å²) in [4.78, 5) is 12.3. The number of ether oxygens (including phenoxy) is 2. The molecule has 2 aromatic rings. The number of nitrogens with one attached hydrogen (secondary N) is 2. The average Bonchev–Trinajstić information content (AvgIpc) is 3.06. The Morgan fingerprint density at radius 1 is 1.24 bits per heavy atom. The molecule has 3 rings (SSSR count). The van der Waals surface area contributed by atoms with Crippen LogP contribution in [-0.2, 0) is 4.79 Å². The lowest BCUT2D eigenvalue weighted by Gasteiger charge is -2.08. The Morgan fingerprint density at radius 2 is 2.04 bits per heavy atom. The number of nitriles is 1. The zero-order valence-electron chi connectivity index (χ0n) is 13.3. The first-order chi connectivity index (χ1) is 12.1. The fourth-order valence-corrected chi connectivity index (χ4v) is 2.38.